The van der Waals surface area contributed by atoms with Gasteiger partial charge in [0.2, 0.25) is 0 Å². The van der Waals surface area contributed by atoms with Crippen LogP contribution in [0.25, 0.3) is 11.2 Å². The summed E-state index contributed by atoms with van der Waals surface area (Å²) in [6.45, 7) is 3.43. The Morgan fingerprint density at radius 3 is 2.57 bits per heavy atom. The molecule has 0 amide bonds. The third-order valence-electron chi connectivity index (χ3n) is 5.33. The number of rotatable bonds is 4. The number of benzene rings is 1. The molecule has 0 radical (unpaired) electrons. The highest BCUT2D eigenvalue weighted by atomic mass is 16.5. The third-order valence-corrected chi connectivity index (χ3v) is 5.33. The van der Waals surface area contributed by atoms with Crippen LogP contribution in [0.5, 0.6) is 5.75 Å². The fraction of sp³-hybridized carbons (Fsp3) is 0.421. The molecule has 0 N–H and O–H groups in total. The predicted molar refractivity (Wildman–Crippen MR) is 107 cm³/mol. The quantitative estimate of drug-likeness (QED) is 0.641. The Labute approximate surface area is 162 Å². The highest BCUT2D eigenvalue weighted by Crippen LogP contribution is 2.22. The molecule has 4 rings (SSSR count). The van der Waals surface area contributed by atoms with Crippen LogP contribution >= 0.6 is 0 Å². The van der Waals surface area contributed by atoms with E-state index in [1.165, 1.54) is 9.13 Å². The maximum absolute atomic E-state index is 12.9. The van der Waals surface area contributed by atoms with Crippen molar-refractivity contribution >= 4 is 16.9 Å². The Balaban J connectivity index is 1.53. The zero-order chi connectivity index (χ0) is 19.8. The smallest absolute Gasteiger partial charge is 0.333 e. The number of fused-ring (bicyclic) bond motifs is 1. The summed E-state index contributed by atoms with van der Waals surface area (Å²) in [6.07, 6.45) is 1.56. The minimum atomic E-state index is -0.341. The van der Waals surface area contributed by atoms with Gasteiger partial charge in [0.15, 0.2) is 11.2 Å². The highest BCUT2D eigenvalue weighted by molar-refractivity contribution is 5.69. The molecule has 148 valence electrons. The molecular weight excluding hydrogens is 360 g/mol. The molecule has 1 aliphatic heterocycles. The maximum atomic E-state index is 12.9. The molecule has 1 aliphatic rings. The van der Waals surface area contributed by atoms with Gasteiger partial charge < -0.3 is 14.2 Å². The lowest BCUT2D eigenvalue weighted by molar-refractivity contribution is 0.198. The number of hydrogen-bond donors (Lipinski definition) is 0. The van der Waals surface area contributed by atoms with Gasteiger partial charge in [0.25, 0.3) is 5.56 Å². The lowest BCUT2D eigenvalue weighted by Crippen LogP contribution is -2.50. The summed E-state index contributed by atoms with van der Waals surface area (Å²) in [6, 6.07) is 7.99. The Morgan fingerprint density at radius 1 is 1.11 bits per heavy atom. The van der Waals surface area contributed by atoms with E-state index >= 15 is 0 Å². The molecule has 0 atom stereocenters. The van der Waals surface area contributed by atoms with E-state index < -0.39 is 0 Å². The number of anilines is 1. The second-order valence-corrected chi connectivity index (χ2v) is 7.05. The van der Waals surface area contributed by atoms with Crippen LogP contribution in [-0.2, 0) is 20.8 Å². The monoisotopic (exact) mass is 384 g/mol. The molecule has 1 saturated heterocycles. The van der Waals surface area contributed by atoms with Gasteiger partial charge in [0, 0.05) is 52.0 Å². The van der Waals surface area contributed by atoms with Gasteiger partial charge in [0.1, 0.15) is 5.75 Å². The summed E-state index contributed by atoms with van der Waals surface area (Å²) in [5.74, 6) is 0.833. The Morgan fingerprint density at radius 2 is 1.86 bits per heavy atom. The standard InChI is InChI=1S/C19H24N6O3/c1-21-12-20-17-16(21)18(26)25(19(27)22(17)2)13-23-7-9-24(10-8-23)14-5-4-6-15(11-14)28-3/h4-6,11-12H,7-10,13H2,1-3H3. The van der Waals surface area contributed by atoms with E-state index in [4.69, 9.17) is 4.74 Å². The van der Waals surface area contributed by atoms with E-state index in [0.717, 1.165) is 37.6 Å². The molecule has 0 bridgehead atoms. The van der Waals surface area contributed by atoms with Gasteiger partial charge in [-0.2, -0.15) is 0 Å². The summed E-state index contributed by atoms with van der Waals surface area (Å²) < 4.78 is 9.69. The van der Waals surface area contributed by atoms with E-state index in [1.54, 1.807) is 32.1 Å². The second kappa shape index (κ2) is 7.16. The lowest BCUT2D eigenvalue weighted by Gasteiger charge is -2.36. The van der Waals surface area contributed by atoms with E-state index in [1.807, 2.05) is 18.2 Å². The molecule has 28 heavy (non-hydrogen) atoms. The molecular formula is C19H24N6O3. The molecule has 2 aromatic heterocycles. The molecule has 3 aromatic rings. The zero-order valence-corrected chi connectivity index (χ0v) is 16.3. The van der Waals surface area contributed by atoms with Gasteiger partial charge in [-0.3, -0.25) is 14.3 Å². The zero-order valence-electron chi connectivity index (χ0n) is 16.3. The number of aromatic nitrogens is 4. The maximum Gasteiger partial charge on any atom is 0.333 e. The largest absolute Gasteiger partial charge is 0.497 e. The van der Waals surface area contributed by atoms with E-state index in [0.29, 0.717) is 11.2 Å². The molecule has 0 unspecified atom stereocenters. The van der Waals surface area contributed by atoms with E-state index in [2.05, 4.69) is 20.9 Å². The van der Waals surface area contributed by atoms with Crippen LogP contribution in [0.2, 0.25) is 0 Å². The summed E-state index contributed by atoms with van der Waals surface area (Å²) in [5.41, 5.74) is 1.33. The number of imidazole rings is 1. The first-order chi connectivity index (χ1) is 13.5. The molecule has 9 nitrogen and oxygen atoms in total. The predicted octanol–water partition coefficient (Wildman–Crippen LogP) is 0.222. The van der Waals surface area contributed by atoms with Crippen molar-refractivity contribution in [2.75, 3.05) is 38.2 Å². The Kier molecular flexibility index (Phi) is 4.68. The Bertz CT molecular complexity index is 1120. The number of aryl methyl sites for hydroxylation is 2. The van der Waals surface area contributed by atoms with Crippen LogP contribution in [0.1, 0.15) is 0 Å². The van der Waals surface area contributed by atoms with Crippen LogP contribution in [0.15, 0.2) is 40.2 Å². The van der Waals surface area contributed by atoms with Crippen molar-refractivity contribution in [2.45, 2.75) is 6.67 Å². The minimum absolute atomic E-state index is 0.276. The third kappa shape index (κ3) is 3.07. The second-order valence-electron chi connectivity index (χ2n) is 7.05. The first-order valence-corrected chi connectivity index (χ1v) is 9.22. The molecule has 0 spiro atoms. The van der Waals surface area contributed by atoms with Crippen LogP contribution in [0.3, 0.4) is 0 Å². The number of piperazine rings is 1. The summed E-state index contributed by atoms with van der Waals surface area (Å²) >= 11 is 0. The number of nitrogens with zero attached hydrogens (tertiary/aromatic N) is 6. The van der Waals surface area contributed by atoms with E-state index in [-0.39, 0.29) is 17.9 Å². The van der Waals surface area contributed by atoms with Crippen molar-refractivity contribution in [1.29, 1.82) is 0 Å². The average Bonchev–Trinajstić information content (AvgIpc) is 3.12. The molecule has 0 aliphatic carbocycles. The Hall–Kier alpha value is -3.07. The molecule has 1 aromatic carbocycles. The lowest BCUT2D eigenvalue weighted by atomic mass is 10.2. The molecule has 3 heterocycles. The molecule has 1 fully saturated rings. The number of ether oxygens (including phenoxy) is 1. The SMILES string of the molecule is COc1cccc(N2CCN(Cn3c(=O)c4c(ncn4C)n(C)c3=O)CC2)c1. The van der Waals surface area contributed by atoms with Gasteiger partial charge >= 0.3 is 5.69 Å². The van der Waals surface area contributed by atoms with Crippen LogP contribution in [-0.4, -0.2) is 56.9 Å². The van der Waals surface area contributed by atoms with Gasteiger partial charge in [-0.25, -0.2) is 14.3 Å². The van der Waals surface area contributed by atoms with Crippen molar-refractivity contribution in [2.24, 2.45) is 14.1 Å². The fourth-order valence-corrected chi connectivity index (χ4v) is 3.68. The fourth-order valence-electron chi connectivity index (χ4n) is 3.68. The van der Waals surface area contributed by atoms with Gasteiger partial charge in [-0.1, -0.05) is 6.07 Å². The first kappa shape index (κ1) is 18.3. The van der Waals surface area contributed by atoms with E-state index in [9.17, 15) is 9.59 Å². The number of hydrogen-bond acceptors (Lipinski definition) is 6. The molecule has 0 saturated carbocycles. The molecule has 9 heteroatoms. The van der Waals surface area contributed by atoms with Gasteiger partial charge in [-0.05, 0) is 12.1 Å². The van der Waals surface area contributed by atoms with Crippen molar-refractivity contribution in [3.05, 3.63) is 51.4 Å². The van der Waals surface area contributed by atoms with Crippen molar-refractivity contribution < 1.29 is 4.74 Å². The summed E-state index contributed by atoms with van der Waals surface area (Å²) in [4.78, 5) is 34.1. The van der Waals surface area contributed by atoms with Gasteiger partial charge in [-0.15, -0.1) is 0 Å². The van der Waals surface area contributed by atoms with Crippen molar-refractivity contribution in [3.63, 3.8) is 0 Å². The van der Waals surface area contributed by atoms with Gasteiger partial charge in [0.05, 0.1) is 20.1 Å². The minimum Gasteiger partial charge on any atom is -0.497 e. The number of methoxy groups -OCH3 is 1. The van der Waals surface area contributed by atoms with Crippen LogP contribution < -0.4 is 20.9 Å². The topological polar surface area (TPSA) is 77.5 Å². The first-order valence-electron chi connectivity index (χ1n) is 9.22. The van der Waals surface area contributed by atoms with Crippen LogP contribution in [0.4, 0.5) is 5.69 Å². The highest BCUT2D eigenvalue weighted by Gasteiger charge is 2.21. The summed E-state index contributed by atoms with van der Waals surface area (Å²) in [5, 5.41) is 0. The van der Waals surface area contributed by atoms with Crippen LogP contribution in [0, 0.1) is 0 Å². The van der Waals surface area contributed by atoms with Crippen molar-refractivity contribution in [3.8, 4) is 5.75 Å². The normalized spacial score (nSPS) is 15.3. The summed E-state index contributed by atoms with van der Waals surface area (Å²) in [7, 11) is 5.07. The average molecular weight is 384 g/mol. The van der Waals surface area contributed by atoms with Crippen molar-refractivity contribution in [1.82, 2.24) is 23.6 Å².